The van der Waals surface area contributed by atoms with Gasteiger partial charge in [0.05, 0.1) is 5.92 Å². The van der Waals surface area contributed by atoms with Crippen molar-refractivity contribution in [3.05, 3.63) is 36.5 Å². The van der Waals surface area contributed by atoms with Crippen LogP contribution in [0.1, 0.15) is 26.2 Å². The largest absolute Gasteiger partial charge is 0.481 e. The van der Waals surface area contributed by atoms with Gasteiger partial charge in [0, 0.05) is 37.3 Å². The number of benzene rings is 1. The van der Waals surface area contributed by atoms with Crippen molar-refractivity contribution in [1.82, 2.24) is 9.47 Å². The van der Waals surface area contributed by atoms with Crippen molar-refractivity contribution in [1.29, 1.82) is 0 Å². The van der Waals surface area contributed by atoms with Gasteiger partial charge >= 0.3 is 5.97 Å². The molecule has 0 spiro atoms. The van der Waals surface area contributed by atoms with Crippen LogP contribution in [-0.4, -0.2) is 39.0 Å². The molecule has 0 radical (unpaired) electrons. The molecule has 1 amide bonds. The second-order valence-corrected chi connectivity index (χ2v) is 6.33. The quantitative estimate of drug-likeness (QED) is 0.855. The van der Waals surface area contributed by atoms with Crippen LogP contribution in [0.5, 0.6) is 0 Å². The minimum atomic E-state index is -0.847. The van der Waals surface area contributed by atoms with Gasteiger partial charge in [0.2, 0.25) is 5.91 Å². The summed E-state index contributed by atoms with van der Waals surface area (Å²) in [4.78, 5) is 25.4. The molecule has 23 heavy (non-hydrogen) atoms. The summed E-state index contributed by atoms with van der Waals surface area (Å²) in [5.41, 5.74) is 1.12. The van der Waals surface area contributed by atoms with Gasteiger partial charge in [-0.05, 0) is 30.4 Å². The van der Waals surface area contributed by atoms with Crippen molar-refractivity contribution < 1.29 is 14.7 Å². The van der Waals surface area contributed by atoms with E-state index in [4.69, 9.17) is 5.11 Å². The number of para-hydroxylation sites is 1. The van der Waals surface area contributed by atoms with E-state index < -0.39 is 11.9 Å². The van der Waals surface area contributed by atoms with Gasteiger partial charge in [-0.1, -0.05) is 25.1 Å². The van der Waals surface area contributed by atoms with Gasteiger partial charge in [0.15, 0.2) is 0 Å². The first kappa shape index (κ1) is 15.6. The first-order valence-electron chi connectivity index (χ1n) is 8.12. The zero-order chi connectivity index (χ0) is 16.4. The summed E-state index contributed by atoms with van der Waals surface area (Å²) in [6.45, 7) is 2.59. The van der Waals surface area contributed by atoms with Crippen LogP contribution in [0.3, 0.4) is 0 Å². The molecule has 1 aromatic carbocycles. The summed E-state index contributed by atoms with van der Waals surface area (Å²) in [7, 11) is 0. The summed E-state index contributed by atoms with van der Waals surface area (Å²) in [6.07, 6.45) is 4.38. The van der Waals surface area contributed by atoms with Gasteiger partial charge in [-0.15, -0.1) is 0 Å². The van der Waals surface area contributed by atoms with Crippen molar-refractivity contribution in [3.63, 3.8) is 0 Å². The van der Waals surface area contributed by atoms with Gasteiger partial charge in [-0.25, -0.2) is 0 Å². The van der Waals surface area contributed by atoms with Crippen molar-refractivity contribution >= 4 is 22.8 Å². The van der Waals surface area contributed by atoms with Crippen LogP contribution in [-0.2, 0) is 16.1 Å². The van der Waals surface area contributed by atoms with E-state index in [0.717, 1.165) is 18.4 Å². The highest BCUT2D eigenvalue weighted by atomic mass is 16.4. The fraction of sp³-hybridized carbons (Fsp3) is 0.444. The molecule has 122 valence electrons. The minimum Gasteiger partial charge on any atom is -0.481 e. The summed E-state index contributed by atoms with van der Waals surface area (Å²) in [6, 6.07) is 10.4. The number of hydrogen-bond donors (Lipinski definition) is 1. The van der Waals surface area contributed by atoms with Crippen LogP contribution in [0.2, 0.25) is 0 Å². The number of rotatable bonds is 7. The second kappa shape index (κ2) is 6.44. The Bertz CT molecular complexity index is 718. The molecule has 2 aromatic rings. The predicted octanol–water partition coefficient (Wildman–Crippen LogP) is 2.74. The number of carbonyl (C=O) groups excluding carboxylic acids is 1. The average molecular weight is 314 g/mol. The maximum absolute atomic E-state index is 12.5. The van der Waals surface area contributed by atoms with Gasteiger partial charge in [-0.2, -0.15) is 0 Å². The van der Waals surface area contributed by atoms with Crippen molar-refractivity contribution in [2.24, 2.45) is 5.92 Å². The van der Waals surface area contributed by atoms with Crippen molar-refractivity contribution in [2.45, 2.75) is 38.8 Å². The Morgan fingerprint density at radius 1 is 1.30 bits per heavy atom. The molecule has 1 atom stereocenters. The number of carboxylic acids is 1. The Labute approximate surface area is 135 Å². The van der Waals surface area contributed by atoms with Crippen LogP contribution in [0.4, 0.5) is 0 Å². The number of carbonyl (C=O) groups is 2. The lowest BCUT2D eigenvalue weighted by Crippen LogP contribution is -2.38. The lowest BCUT2D eigenvalue weighted by Gasteiger charge is -2.24. The van der Waals surface area contributed by atoms with Crippen LogP contribution in [0.25, 0.3) is 10.9 Å². The summed E-state index contributed by atoms with van der Waals surface area (Å²) in [5.74, 6) is -1.31. The number of amides is 1. The highest BCUT2D eigenvalue weighted by molar-refractivity contribution is 5.81. The average Bonchev–Trinajstić information content (AvgIpc) is 3.30. The fourth-order valence-corrected chi connectivity index (χ4v) is 2.91. The third kappa shape index (κ3) is 3.55. The topological polar surface area (TPSA) is 62.5 Å². The molecule has 0 saturated heterocycles. The third-order valence-electron chi connectivity index (χ3n) is 4.45. The Kier molecular flexibility index (Phi) is 4.37. The van der Waals surface area contributed by atoms with E-state index in [1.54, 1.807) is 11.8 Å². The molecule has 0 bridgehead atoms. The van der Waals surface area contributed by atoms with E-state index in [1.165, 1.54) is 5.39 Å². The van der Waals surface area contributed by atoms with E-state index in [9.17, 15) is 9.59 Å². The van der Waals surface area contributed by atoms with Gasteiger partial charge in [0.25, 0.3) is 0 Å². The predicted molar refractivity (Wildman–Crippen MR) is 88.1 cm³/mol. The van der Waals surface area contributed by atoms with E-state index in [1.807, 2.05) is 30.5 Å². The van der Waals surface area contributed by atoms with Crippen LogP contribution in [0.15, 0.2) is 36.5 Å². The maximum Gasteiger partial charge on any atom is 0.308 e. The molecule has 1 aromatic heterocycles. The number of aryl methyl sites for hydroxylation is 1. The third-order valence-corrected chi connectivity index (χ3v) is 4.45. The Balaban J connectivity index is 1.64. The number of aliphatic carboxylic acids is 1. The molecule has 0 aliphatic heterocycles. The molecule has 1 N–H and O–H groups in total. The Morgan fingerprint density at radius 2 is 2.04 bits per heavy atom. The van der Waals surface area contributed by atoms with Gasteiger partial charge in [0.1, 0.15) is 0 Å². The number of carboxylic acid groups (broad SMARTS) is 1. The zero-order valence-corrected chi connectivity index (χ0v) is 13.3. The zero-order valence-electron chi connectivity index (χ0n) is 13.3. The summed E-state index contributed by atoms with van der Waals surface area (Å²) < 4.78 is 2.08. The molecule has 5 heteroatoms. The summed E-state index contributed by atoms with van der Waals surface area (Å²) in [5, 5.41) is 10.2. The van der Waals surface area contributed by atoms with E-state index in [2.05, 4.69) is 10.6 Å². The number of hydrogen-bond acceptors (Lipinski definition) is 2. The van der Waals surface area contributed by atoms with Gasteiger partial charge in [-0.3, -0.25) is 9.59 Å². The van der Waals surface area contributed by atoms with Crippen LogP contribution >= 0.6 is 0 Å². The normalized spacial score (nSPS) is 15.5. The number of aromatic nitrogens is 1. The molecular formula is C18H22N2O3. The molecule has 1 aliphatic rings. The molecule has 1 heterocycles. The van der Waals surface area contributed by atoms with E-state index in [-0.39, 0.29) is 11.9 Å². The first-order chi connectivity index (χ1) is 11.1. The molecule has 1 fully saturated rings. The highest BCUT2D eigenvalue weighted by Gasteiger charge is 2.34. The monoisotopic (exact) mass is 314 g/mol. The first-order valence-corrected chi connectivity index (χ1v) is 8.12. The summed E-state index contributed by atoms with van der Waals surface area (Å²) >= 11 is 0. The lowest BCUT2D eigenvalue weighted by atomic mass is 10.1. The van der Waals surface area contributed by atoms with Crippen molar-refractivity contribution in [3.8, 4) is 0 Å². The minimum absolute atomic E-state index is 0.0541. The highest BCUT2D eigenvalue weighted by Crippen LogP contribution is 2.28. The molecule has 1 saturated carbocycles. The smallest absolute Gasteiger partial charge is 0.308 e. The fourth-order valence-electron chi connectivity index (χ4n) is 2.91. The Hall–Kier alpha value is -2.30. The standard InChI is InChI=1S/C18H22N2O3/c1-13(18(22)23)12-20(15-6-7-15)17(21)9-11-19-10-8-14-4-2-3-5-16(14)19/h2-5,8,10,13,15H,6-7,9,11-12H2,1H3,(H,22,23). The lowest BCUT2D eigenvalue weighted by molar-refractivity contribution is -0.143. The van der Waals surface area contributed by atoms with Crippen LogP contribution in [0, 0.1) is 5.92 Å². The molecular weight excluding hydrogens is 292 g/mol. The SMILES string of the molecule is CC(CN(C(=O)CCn1ccc2ccccc21)C1CC1)C(=O)O. The van der Waals surface area contributed by atoms with Crippen LogP contribution < -0.4 is 0 Å². The number of fused-ring (bicyclic) bond motifs is 1. The van der Waals surface area contributed by atoms with Crippen molar-refractivity contribution in [2.75, 3.05) is 6.54 Å². The molecule has 1 unspecified atom stereocenters. The molecule has 3 rings (SSSR count). The second-order valence-electron chi connectivity index (χ2n) is 6.33. The molecule has 5 nitrogen and oxygen atoms in total. The van der Waals surface area contributed by atoms with E-state index in [0.29, 0.717) is 19.5 Å². The van der Waals surface area contributed by atoms with Gasteiger partial charge < -0.3 is 14.6 Å². The molecule has 1 aliphatic carbocycles. The Morgan fingerprint density at radius 3 is 2.74 bits per heavy atom. The van der Waals surface area contributed by atoms with E-state index >= 15 is 0 Å². The maximum atomic E-state index is 12.5. The number of nitrogens with zero attached hydrogens (tertiary/aromatic N) is 2.